The van der Waals surface area contributed by atoms with Gasteiger partial charge in [-0.1, -0.05) is 6.07 Å². The fraction of sp³-hybridized carbons (Fsp3) is 0.316. The Morgan fingerprint density at radius 1 is 1.31 bits per heavy atom. The highest BCUT2D eigenvalue weighted by atomic mass is 32.1. The Bertz CT molecular complexity index is 972. The number of nitrogens with one attached hydrogen (secondary N) is 1. The smallest absolute Gasteiger partial charge is 0.323 e. The molecule has 0 bridgehead atoms. The van der Waals surface area contributed by atoms with Crippen LogP contribution in [0.2, 0.25) is 0 Å². The van der Waals surface area contributed by atoms with Crippen molar-refractivity contribution in [2.45, 2.75) is 25.1 Å². The van der Waals surface area contributed by atoms with Crippen LogP contribution in [0, 0.1) is 0 Å². The fourth-order valence-electron chi connectivity index (χ4n) is 3.54. The molecule has 1 N–H and O–H groups in total. The maximum Gasteiger partial charge on any atom is 0.416 e. The van der Waals surface area contributed by atoms with E-state index in [1.807, 2.05) is 17.5 Å². The molecule has 0 radical (unpaired) electrons. The topological polar surface area (TPSA) is 63.1 Å². The summed E-state index contributed by atoms with van der Waals surface area (Å²) in [5.74, 6) is -0.367. The molecule has 2 aromatic heterocycles. The number of anilines is 1. The molecule has 0 spiro atoms. The highest BCUT2D eigenvalue weighted by Gasteiger charge is 2.32. The summed E-state index contributed by atoms with van der Waals surface area (Å²) < 4.78 is 40.8. The van der Waals surface area contributed by atoms with E-state index >= 15 is 0 Å². The Morgan fingerprint density at radius 3 is 2.86 bits per heavy atom. The van der Waals surface area contributed by atoms with Crippen molar-refractivity contribution in [1.82, 2.24) is 19.7 Å². The second-order valence-corrected chi connectivity index (χ2v) is 7.74. The molecule has 1 atom stereocenters. The second kappa shape index (κ2) is 7.96. The third-order valence-corrected chi connectivity index (χ3v) is 5.82. The first-order chi connectivity index (χ1) is 13.9. The van der Waals surface area contributed by atoms with E-state index < -0.39 is 11.7 Å². The molecule has 0 saturated carbocycles. The average molecular weight is 421 g/mol. The quantitative estimate of drug-likeness (QED) is 0.673. The van der Waals surface area contributed by atoms with Crippen LogP contribution in [0.1, 0.15) is 29.3 Å². The number of amides is 1. The number of thiophene rings is 1. The van der Waals surface area contributed by atoms with Crippen molar-refractivity contribution in [3.63, 3.8) is 0 Å². The second-order valence-electron chi connectivity index (χ2n) is 6.76. The van der Waals surface area contributed by atoms with Gasteiger partial charge in [0.15, 0.2) is 0 Å². The minimum atomic E-state index is -4.51. The molecule has 3 aromatic rings. The molecule has 152 valence electrons. The van der Waals surface area contributed by atoms with Crippen LogP contribution >= 0.6 is 11.3 Å². The first kappa shape index (κ1) is 19.6. The maximum absolute atomic E-state index is 13.2. The van der Waals surface area contributed by atoms with Gasteiger partial charge in [-0.25, -0.2) is 9.67 Å². The molecule has 1 fully saturated rings. The lowest BCUT2D eigenvalue weighted by atomic mass is 10.1. The summed E-state index contributed by atoms with van der Waals surface area (Å²) in [6, 6.07) is 7.34. The average Bonchev–Trinajstić information content (AvgIpc) is 3.43. The molecule has 0 aliphatic carbocycles. The Morgan fingerprint density at radius 2 is 2.17 bits per heavy atom. The van der Waals surface area contributed by atoms with Crippen LogP contribution in [0.5, 0.6) is 0 Å². The minimum Gasteiger partial charge on any atom is -0.323 e. The van der Waals surface area contributed by atoms with E-state index in [4.69, 9.17) is 0 Å². The molecule has 1 aliphatic rings. The Labute approximate surface area is 169 Å². The summed E-state index contributed by atoms with van der Waals surface area (Å²) >= 11 is 1.64. The number of nitrogens with zero attached hydrogens (tertiary/aromatic N) is 4. The zero-order valence-corrected chi connectivity index (χ0v) is 16.1. The van der Waals surface area contributed by atoms with Crippen molar-refractivity contribution in [3.8, 4) is 5.69 Å². The molecule has 1 aliphatic heterocycles. The number of carbonyl (C=O) groups is 1. The van der Waals surface area contributed by atoms with Gasteiger partial charge in [0.1, 0.15) is 12.7 Å². The van der Waals surface area contributed by atoms with Crippen molar-refractivity contribution in [3.05, 3.63) is 58.8 Å². The monoisotopic (exact) mass is 421 g/mol. The molecule has 3 heterocycles. The summed E-state index contributed by atoms with van der Waals surface area (Å²) in [6.45, 7) is 0.879. The zero-order valence-electron chi connectivity index (χ0n) is 15.3. The van der Waals surface area contributed by atoms with Crippen molar-refractivity contribution in [1.29, 1.82) is 0 Å². The number of halogens is 3. The number of aromatic nitrogens is 3. The standard InChI is InChI=1S/C19H18F3N5OS/c20-19(21,22)13-5-6-15(27-12-23-11-24-27)14(9-13)25-18(28)10-26-7-1-3-16(26)17-4-2-8-29-17/h2,4-6,8-9,11-12,16H,1,3,7,10H2,(H,25,28). The van der Waals surface area contributed by atoms with Crippen LogP contribution in [0.25, 0.3) is 5.69 Å². The maximum atomic E-state index is 13.2. The molecule has 4 rings (SSSR count). The van der Waals surface area contributed by atoms with E-state index in [0.717, 1.165) is 31.5 Å². The summed E-state index contributed by atoms with van der Waals surface area (Å²) in [7, 11) is 0. The lowest BCUT2D eigenvalue weighted by Gasteiger charge is -2.23. The molecule has 29 heavy (non-hydrogen) atoms. The van der Waals surface area contributed by atoms with Gasteiger partial charge in [0.2, 0.25) is 5.91 Å². The highest BCUT2D eigenvalue weighted by molar-refractivity contribution is 7.10. The van der Waals surface area contributed by atoms with Crippen LogP contribution in [0.4, 0.5) is 18.9 Å². The van der Waals surface area contributed by atoms with Crippen molar-refractivity contribution in [2.24, 2.45) is 0 Å². The van der Waals surface area contributed by atoms with Gasteiger partial charge in [-0.15, -0.1) is 11.3 Å². The predicted molar refractivity (Wildman–Crippen MR) is 103 cm³/mol. The van der Waals surface area contributed by atoms with Crippen LogP contribution in [-0.2, 0) is 11.0 Å². The lowest BCUT2D eigenvalue weighted by Crippen LogP contribution is -2.33. The molecule has 10 heteroatoms. The molecular weight excluding hydrogens is 403 g/mol. The van der Waals surface area contributed by atoms with Crippen molar-refractivity contribution in [2.75, 3.05) is 18.4 Å². The van der Waals surface area contributed by atoms with Crippen LogP contribution in [-0.4, -0.2) is 38.7 Å². The van der Waals surface area contributed by atoms with Gasteiger partial charge < -0.3 is 5.32 Å². The highest BCUT2D eigenvalue weighted by Crippen LogP contribution is 2.35. The number of hydrogen-bond acceptors (Lipinski definition) is 5. The SMILES string of the molecule is O=C(CN1CCCC1c1cccs1)Nc1cc(C(F)(F)F)ccc1-n1cncn1. The molecule has 1 amide bonds. The van der Waals surface area contributed by atoms with Crippen LogP contribution < -0.4 is 5.32 Å². The van der Waals surface area contributed by atoms with E-state index in [2.05, 4.69) is 20.3 Å². The van der Waals surface area contributed by atoms with Crippen LogP contribution in [0.15, 0.2) is 48.4 Å². The first-order valence-corrected chi connectivity index (χ1v) is 9.93. The Balaban J connectivity index is 1.55. The van der Waals surface area contributed by atoms with Crippen molar-refractivity contribution < 1.29 is 18.0 Å². The number of alkyl halides is 3. The van der Waals surface area contributed by atoms with Gasteiger partial charge in [-0.3, -0.25) is 9.69 Å². The molecule has 6 nitrogen and oxygen atoms in total. The van der Waals surface area contributed by atoms with E-state index in [-0.39, 0.29) is 24.2 Å². The molecule has 1 aromatic carbocycles. The van der Waals surface area contributed by atoms with E-state index in [1.54, 1.807) is 11.3 Å². The van der Waals surface area contributed by atoms with Gasteiger partial charge >= 0.3 is 6.18 Å². The Kier molecular flexibility index (Phi) is 5.37. The van der Waals surface area contributed by atoms with E-state index in [1.165, 1.54) is 28.3 Å². The third kappa shape index (κ3) is 4.33. The zero-order chi connectivity index (χ0) is 20.4. The summed E-state index contributed by atoms with van der Waals surface area (Å²) in [5, 5.41) is 8.60. The number of hydrogen-bond donors (Lipinski definition) is 1. The normalized spacial score (nSPS) is 17.6. The van der Waals surface area contributed by atoms with Crippen molar-refractivity contribution >= 4 is 22.9 Å². The predicted octanol–water partition coefficient (Wildman–Crippen LogP) is 4.12. The summed E-state index contributed by atoms with van der Waals surface area (Å²) in [6.07, 6.45) is 0.0649. The number of carbonyl (C=O) groups excluding carboxylic acids is 1. The van der Waals surface area contributed by atoms with Gasteiger partial charge in [-0.05, 0) is 49.0 Å². The number of rotatable bonds is 5. The number of likely N-dealkylation sites (tertiary alicyclic amines) is 1. The Hall–Kier alpha value is -2.72. The summed E-state index contributed by atoms with van der Waals surface area (Å²) in [5.41, 5.74) is -0.475. The first-order valence-electron chi connectivity index (χ1n) is 9.05. The number of benzene rings is 1. The molecular formula is C19H18F3N5OS. The van der Waals surface area contributed by atoms with Gasteiger partial charge in [0.25, 0.3) is 0 Å². The van der Waals surface area contributed by atoms with Crippen LogP contribution in [0.3, 0.4) is 0 Å². The van der Waals surface area contributed by atoms with E-state index in [0.29, 0.717) is 5.69 Å². The largest absolute Gasteiger partial charge is 0.416 e. The van der Waals surface area contributed by atoms with Gasteiger partial charge in [0, 0.05) is 10.9 Å². The lowest BCUT2D eigenvalue weighted by molar-refractivity contribution is -0.137. The third-order valence-electron chi connectivity index (χ3n) is 4.85. The van der Waals surface area contributed by atoms with Gasteiger partial charge in [0.05, 0.1) is 23.5 Å². The van der Waals surface area contributed by atoms with Gasteiger partial charge in [-0.2, -0.15) is 18.3 Å². The van der Waals surface area contributed by atoms with E-state index in [9.17, 15) is 18.0 Å². The fourth-order valence-corrected chi connectivity index (χ4v) is 4.43. The molecule has 1 unspecified atom stereocenters. The summed E-state index contributed by atoms with van der Waals surface area (Å²) in [4.78, 5) is 19.8. The minimum absolute atomic E-state index is 0.0437. The molecule has 1 saturated heterocycles.